The van der Waals surface area contributed by atoms with E-state index in [1.165, 1.54) is 0 Å². The molecule has 0 aromatic heterocycles. The topological polar surface area (TPSA) is 36.0 Å². The van der Waals surface area contributed by atoms with Crippen molar-refractivity contribution in [2.75, 3.05) is 39.3 Å². The van der Waals surface area contributed by atoms with Gasteiger partial charge >= 0.3 is 6.03 Å². The SMILES string of the molecule is CCN(CC)CCN(C(=O)N(CCOc1ccccc1)C(C)C)C(C)c1ccccc1. The van der Waals surface area contributed by atoms with Gasteiger partial charge in [-0.3, -0.25) is 0 Å². The van der Waals surface area contributed by atoms with E-state index in [1.54, 1.807) is 0 Å². The Morgan fingerprint density at radius 2 is 1.39 bits per heavy atom. The Bertz CT molecular complexity index is 748. The third kappa shape index (κ3) is 7.59. The maximum atomic E-state index is 13.7. The van der Waals surface area contributed by atoms with Crippen LogP contribution >= 0.6 is 0 Å². The third-order valence-corrected chi connectivity index (χ3v) is 5.76. The number of likely N-dealkylation sites (N-methyl/N-ethyl adjacent to an activating group) is 1. The van der Waals surface area contributed by atoms with Crippen LogP contribution in [0.25, 0.3) is 0 Å². The zero-order chi connectivity index (χ0) is 22.6. The molecule has 0 saturated carbocycles. The molecular formula is C26H39N3O2. The van der Waals surface area contributed by atoms with Gasteiger partial charge in [-0.2, -0.15) is 0 Å². The van der Waals surface area contributed by atoms with Gasteiger partial charge in [0, 0.05) is 19.1 Å². The monoisotopic (exact) mass is 425 g/mol. The number of nitrogens with zero attached hydrogens (tertiary/aromatic N) is 3. The fourth-order valence-electron chi connectivity index (χ4n) is 3.67. The zero-order valence-corrected chi connectivity index (χ0v) is 19.8. The minimum Gasteiger partial charge on any atom is -0.492 e. The molecule has 5 heteroatoms. The summed E-state index contributed by atoms with van der Waals surface area (Å²) in [7, 11) is 0. The molecule has 0 radical (unpaired) electrons. The number of para-hydroxylation sites is 1. The van der Waals surface area contributed by atoms with Crippen molar-refractivity contribution in [2.24, 2.45) is 0 Å². The van der Waals surface area contributed by atoms with Crippen LogP contribution in [0.3, 0.4) is 0 Å². The number of urea groups is 1. The van der Waals surface area contributed by atoms with Crippen LogP contribution in [0.5, 0.6) is 5.75 Å². The molecule has 0 fully saturated rings. The summed E-state index contributed by atoms with van der Waals surface area (Å²) >= 11 is 0. The van der Waals surface area contributed by atoms with E-state index in [2.05, 4.69) is 51.7 Å². The van der Waals surface area contributed by atoms with Gasteiger partial charge in [-0.05, 0) is 51.6 Å². The van der Waals surface area contributed by atoms with Gasteiger partial charge in [0.05, 0.1) is 12.6 Å². The Morgan fingerprint density at radius 1 is 0.806 bits per heavy atom. The highest BCUT2D eigenvalue weighted by molar-refractivity contribution is 5.75. The predicted molar refractivity (Wildman–Crippen MR) is 129 cm³/mol. The van der Waals surface area contributed by atoms with Gasteiger partial charge in [0.2, 0.25) is 0 Å². The zero-order valence-electron chi connectivity index (χ0n) is 19.8. The first-order valence-electron chi connectivity index (χ1n) is 11.5. The summed E-state index contributed by atoms with van der Waals surface area (Å²) in [5, 5.41) is 0. The summed E-state index contributed by atoms with van der Waals surface area (Å²) in [6.45, 7) is 15.1. The molecule has 0 N–H and O–H groups in total. The summed E-state index contributed by atoms with van der Waals surface area (Å²) in [5.74, 6) is 0.828. The summed E-state index contributed by atoms with van der Waals surface area (Å²) in [4.78, 5) is 20.0. The maximum Gasteiger partial charge on any atom is 0.320 e. The van der Waals surface area contributed by atoms with Crippen molar-refractivity contribution in [3.63, 3.8) is 0 Å². The number of carbonyl (C=O) groups excluding carboxylic acids is 1. The molecule has 2 aromatic carbocycles. The number of carbonyl (C=O) groups is 1. The average Bonchev–Trinajstić information content (AvgIpc) is 2.80. The average molecular weight is 426 g/mol. The molecule has 0 aliphatic heterocycles. The second kappa shape index (κ2) is 13.0. The molecule has 2 aromatic rings. The van der Waals surface area contributed by atoms with Crippen molar-refractivity contribution in [2.45, 2.75) is 46.7 Å². The minimum absolute atomic E-state index is 0.000513. The van der Waals surface area contributed by atoms with Crippen LogP contribution in [0.4, 0.5) is 4.79 Å². The highest BCUT2D eigenvalue weighted by atomic mass is 16.5. The van der Waals surface area contributed by atoms with Gasteiger partial charge < -0.3 is 19.4 Å². The van der Waals surface area contributed by atoms with Crippen molar-refractivity contribution in [1.82, 2.24) is 14.7 Å². The lowest BCUT2D eigenvalue weighted by Gasteiger charge is -2.37. The number of hydrogen-bond donors (Lipinski definition) is 0. The van der Waals surface area contributed by atoms with Crippen LogP contribution in [0.2, 0.25) is 0 Å². The maximum absolute atomic E-state index is 13.7. The van der Waals surface area contributed by atoms with Crippen LogP contribution in [-0.2, 0) is 0 Å². The Balaban J connectivity index is 2.14. The standard InChI is InChI=1S/C26H39N3O2/c1-6-27(7-2)18-19-29(23(5)24-14-10-8-11-15-24)26(30)28(22(3)4)20-21-31-25-16-12-9-13-17-25/h8-17,22-23H,6-7,18-21H2,1-5H3. The molecule has 0 saturated heterocycles. The molecule has 2 amide bonds. The first-order chi connectivity index (χ1) is 15.0. The van der Waals surface area contributed by atoms with Gasteiger partial charge in [0.15, 0.2) is 0 Å². The van der Waals surface area contributed by atoms with E-state index in [4.69, 9.17) is 4.74 Å². The van der Waals surface area contributed by atoms with Crippen LogP contribution < -0.4 is 4.74 Å². The summed E-state index contributed by atoms with van der Waals surface area (Å²) in [6, 6.07) is 20.2. The van der Waals surface area contributed by atoms with Crippen molar-refractivity contribution in [3.05, 3.63) is 66.2 Å². The summed E-state index contributed by atoms with van der Waals surface area (Å²) in [6.07, 6.45) is 0. The van der Waals surface area contributed by atoms with E-state index in [-0.39, 0.29) is 18.1 Å². The molecule has 2 rings (SSSR count). The minimum atomic E-state index is 0.000513. The number of hydrogen-bond acceptors (Lipinski definition) is 3. The molecule has 31 heavy (non-hydrogen) atoms. The van der Waals surface area contributed by atoms with Gasteiger partial charge in [0.1, 0.15) is 12.4 Å². The van der Waals surface area contributed by atoms with E-state index in [0.29, 0.717) is 19.7 Å². The number of rotatable bonds is 12. The van der Waals surface area contributed by atoms with Crippen LogP contribution in [0, 0.1) is 0 Å². The summed E-state index contributed by atoms with van der Waals surface area (Å²) in [5.41, 5.74) is 1.15. The van der Waals surface area contributed by atoms with Crippen molar-refractivity contribution in [1.29, 1.82) is 0 Å². The highest BCUT2D eigenvalue weighted by Gasteiger charge is 2.28. The van der Waals surface area contributed by atoms with Crippen LogP contribution in [0.15, 0.2) is 60.7 Å². The lowest BCUT2D eigenvalue weighted by atomic mass is 10.1. The number of benzene rings is 2. The van der Waals surface area contributed by atoms with E-state index in [0.717, 1.165) is 30.9 Å². The highest BCUT2D eigenvalue weighted by Crippen LogP contribution is 2.22. The van der Waals surface area contributed by atoms with E-state index in [9.17, 15) is 4.79 Å². The number of ether oxygens (including phenoxy) is 1. The van der Waals surface area contributed by atoms with E-state index in [1.807, 2.05) is 58.3 Å². The molecule has 0 aliphatic rings. The first kappa shape index (κ1) is 24.7. The Hall–Kier alpha value is -2.53. The molecule has 0 bridgehead atoms. The quantitative estimate of drug-likeness (QED) is 0.463. The second-order valence-corrected chi connectivity index (χ2v) is 8.04. The van der Waals surface area contributed by atoms with Crippen molar-refractivity contribution < 1.29 is 9.53 Å². The predicted octanol–water partition coefficient (Wildman–Crippen LogP) is 5.30. The Kier molecular flexibility index (Phi) is 10.4. The van der Waals surface area contributed by atoms with Crippen molar-refractivity contribution >= 4 is 6.03 Å². The van der Waals surface area contributed by atoms with Crippen LogP contribution in [0.1, 0.15) is 46.2 Å². The molecule has 0 spiro atoms. The van der Waals surface area contributed by atoms with Gasteiger partial charge in [-0.25, -0.2) is 4.79 Å². The van der Waals surface area contributed by atoms with E-state index >= 15 is 0 Å². The lowest BCUT2D eigenvalue weighted by molar-refractivity contribution is 0.109. The Morgan fingerprint density at radius 3 is 1.94 bits per heavy atom. The fraction of sp³-hybridized carbons (Fsp3) is 0.500. The molecule has 1 unspecified atom stereocenters. The molecule has 170 valence electrons. The van der Waals surface area contributed by atoms with Crippen molar-refractivity contribution in [3.8, 4) is 5.75 Å². The lowest BCUT2D eigenvalue weighted by Crippen LogP contribution is -2.50. The largest absolute Gasteiger partial charge is 0.492 e. The molecule has 0 aliphatic carbocycles. The normalized spacial score (nSPS) is 12.1. The summed E-state index contributed by atoms with van der Waals surface area (Å²) < 4.78 is 5.87. The smallest absolute Gasteiger partial charge is 0.320 e. The molecule has 5 nitrogen and oxygen atoms in total. The van der Waals surface area contributed by atoms with Gasteiger partial charge in [0.25, 0.3) is 0 Å². The second-order valence-electron chi connectivity index (χ2n) is 8.04. The molecule has 0 heterocycles. The fourth-order valence-corrected chi connectivity index (χ4v) is 3.67. The Labute approximate surface area is 188 Å². The van der Waals surface area contributed by atoms with Gasteiger partial charge in [-0.15, -0.1) is 0 Å². The van der Waals surface area contributed by atoms with E-state index < -0.39 is 0 Å². The van der Waals surface area contributed by atoms with Crippen LogP contribution in [-0.4, -0.2) is 66.1 Å². The molecule has 1 atom stereocenters. The third-order valence-electron chi connectivity index (χ3n) is 5.76. The molecular weight excluding hydrogens is 386 g/mol. The number of amides is 2. The first-order valence-corrected chi connectivity index (χ1v) is 11.5. The van der Waals surface area contributed by atoms with Gasteiger partial charge in [-0.1, -0.05) is 62.4 Å².